The first-order valence-electron chi connectivity index (χ1n) is 5.37. The second-order valence-corrected chi connectivity index (χ2v) is 3.97. The SMILES string of the molecule is CCCNC(=S)Nc1ccc(OC)cc1C. The van der Waals surface area contributed by atoms with E-state index < -0.39 is 0 Å². The van der Waals surface area contributed by atoms with Gasteiger partial charge >= 0.3 is 0 Å². The number of aryl methyl sites for hydroxylation is 1. The third-order valence-corrected chi connectivity index (χ3v) is 2.46. The van der Waals surface area contributed by atoms with E-state index in [9.17, 15) is 0 Å². The monoisotopic (exact) mass is 238 g/mol. The first-order chi connectivity index (χ1) is 7.67. The highest BCUT2D eigenvalue weighted by atomic mass is 32.1. The zero-order chi connectivity index (χ0) is 12.0. The molecule has 0 atom stereocenters. The molecule has 16 heavy (non-hydrogen) atoms. The molecule has 0 aliphatic heterocycles. The van der Waals surface area contributed by atoms with Gasteiger partial charge in [-0.3, -0.25) is 0 Å². The van der Waals surface area contributed by atoms with Crippen LogP contribution in [0.5, 0.6) is 5.75 Å². The van der Waals surface area contributed by atoms with Crippen molar-refractivity contribution in [2.45, 2.75) is 20.3 Å². The van der Waals surface area contributed by atoms with Crippen molar-refractivity contribution in [3.63, 3.8) is 0 Å². The first-order valence-corrected chi connectivity index (χ1v) is 5.77. The van der Waals surface area contributed by atoms with E-state index in [1.54, 1.807) is 7.11 Å². The maximum atomic E-state index is 5.17. The molecule has 0 aromatic heterocycles. The smallest absolute Gasteiger partial charge is 0.170 e. The third-order valence-electron chi connectivity index (χ3n) is 2.22. The van der Waals surface area contributed by atoms with Crippen LogP contribution in [-0.4, -0.2) is 18.8 Å². The lowest BCUT2D eigenvalue weighted by molar-refractivity contribution is 0.414. The van der Waals surface area contributed by atoms with Gasteiger partial charge in [-0.25, -0.2) is 0 Å². The van der Waals surface area contributed by atoms with Gasteiger partial charge in [0.2, 0.25) is 0 Å². The summed E-state index contributed by atoms with van der Waals surface area (Å²) in [7, 11) is 1.66. The summed E-state index contributed by atoms with van der Waals surface area (Å²) < 4.78 is 5.14. The number of anilines is 1. The van der Waals surface area contributed by atoms with Gasteiger partial charge < -0.3 is 15.4 Å². The lowest BCUT2D eigenvalue weighted by Gasteiger charge is -2.12. The number of hydrogen-bond donors (Lipinski definition) is 2. The average molecular weight is 238 g/mol. The molecular formula is C12H18N2OS. The summed E-state index contributed by atoms with van der Waals surface area (Å²) in [5.74, 6) is 0.857. The Labute approximate surface area is 102 Å². The fourth-order valence-corrected chi connectivity index (χ4v) is 1.52. The summed E-state index contributed by atoms with van der Waals surface area (Å²) in [6.45, 7) is 5.02. The summed E-state index contributed by atoms with van der Waals surface area (Å²) in [5.41, 5.74) is 2.12. The Kier molecular flexibility index (Phi) is 5.05. The van der Waals surface area contributed by atoms with E-state index in [0.29, 0.717) is 5.11 Å². The minimum Gasteiger partial charge on any atom is -0.497 e. The van der Waals surface area contributed by atoms with Crippen molar-refractivity contribution in [2.24, 2.45) is 0 Å². The van der Waals surface area contributed by atoms with Crippen molar-refractivity contribution >= 4 is 23.0 Å². The normalized spacial score (nSPS) is 9.69. The van der Waals surface area contributed by atoms with Crippen LogP contribution in [0.3, 0.4) is 0 Å². The van der Waals surface area contributed by atoms with Crippen LogP contribution >= 0.6 is 12.2 Å². The Balaban J connectivity index is 2.63. The molecule has 1 aromatic carbocycles. The van der Waals surface area contributed by atoms with Crippen LogP contribution in [0.15, 0.2) is 18.2 Å². The molecule has 0 saturated heterocycles. The molecule has 1 rings (SSSR count). The van der Waals surface area contributed by atoms with E-state index in [0.717, 1.165) is 30.0 Å². The lowest BCUT2D eigenvalue weighted by Crippen LogP contribution is -2.29. The summed E-state index contributed by atoms with van der Waals surface area (Å²) in [6, 6.07) is 5.86. The fraction of sp³-hybridized carbons (Fsp3) is 0.417. The minimum atomic E-state index is 0.662. The third kappa shape index (κ3) is 3.70. The molecule has 4 heteroatoms. The maximum Gasteiger partial charge on any atom is 0.170 e. The van der Waals surface area contributed by atoms with E-state index in [-0.39, 0.29) is 0 Å². The number of hydrogen-bond acceptors (Lipinski definition) is 2. The molecule has 2 N–H and O–H groups in total. The van der Waals surface area contributed by atoms with Gasteiger partial charge in [0.15, 0.2) is 5.11 Å². The largest absolute Gasteiger partial charge is 0.497 e. The molecule has 0 fully saturated rings. The quantitative estimate of drug-likeness (QED) is 0.790. The van der Waals surface area contributed by atoms with Gasteiger partial charge in [-0.2, -0.15) is 0 Å². The van der Waals surface area contributed by atoms with E-state index in [1.807, 2.05) is 25.1 Å². The molecule has 0 amide bonds. The van der Waals surface area contributed by atoms with Crippen molar-refractivity contribution in [1.82, 2.24) is 5.32 Å². The summed E-state index contributed by atoms with van der Waals surface area (Å²) in [4.78, 5) is 0. The molecule has 0 aliphatic carbocycles. The molecule has 1 aromatic rings. The highest BCUT2D eigenvalue weighted by Gasteiger charge is 2.01. The van der Waals surface area contributed by atoms with E-state index >= 15 is 0 Å². The highest BCUT2D eigenvalue weighted by molar-refractivity contribution is 7.80. The van der Waals surface area contributed by atoms with Crippen LogP contribution in [0.1, 0.15) is 18.9 Å². The predicted molar refractivity (Wildman–Crippen MR) is 72.2 cm³/mol. The molecule has 0 saturated carbocycles. The van der Waals surface area contributed by atoms with Gasteiger partial charge in [0, 0.05) is 12.2 Å². The van der Waals surface area contributed by atoms with Crippen LogP contribution in [0.2, 0.25) is 0 Å². The molecule has 0 unspecified atom stereocenters. The number of nitrogens with one attached hydrogen (secondary N) is 2. The molecule has 0 radical (unpaired) electrons. The molecule has 3 nitrogen and oxygen atoms in total. The second kappa shape index (κ2) is 6.33. The van der Waals surface area contributed by atoms with Crippen LogP contribution in [0.25, 0.3) is 0 Å². The van der Waals surface area contributed by atoms with E-state index in [4.69, 9.17) is 17.0 Å². The highest BCUT2D eigenvalue weighted by Crippen LogP contribution is 2.20. The van der Waals surface area contributed by atoms with E-state index in [1.165, 1.54) is 0 Å². The zero-order valence-corrected chi connectivity index (χ0v) is 10.8. The fourth-order valence-electron chi connectivity index (χ4n) is 1.31. The number of benzene rings is 1. The zero-order valence-electron chi connectivity index (χ0n) is 9.96. The lowest BCUT2D eigenvalue weighted by atomic mass is 10.2. The molecule has 0 bridgehead atoms. The molecular weight excluding hydrogens is 220 g/mol. The van der Waals surface area contributed by atoms with Gasteiger partial charge in [0.1, 0.15) is 5.75 Å². The van der Waals surface area contributed by atoms with Gasteiger partial charge in [0.05, 0.1) is 7.11 Å². The standard InChI is InChI=1S/C12H18N2OS/c1-4-7-13-12(16)14-11-6-5-10(15-3)8-9(11)2/h5-6,8H,4,7H2,1-3H3,(H2,13,14,16). The molecule has 0 aliphatic rings. The average Bonchev–Trinajstić information content (AvgIpc) is 2.29. The Morgan fingerprint density at radius 1 is 1.44 bits per heavy atom. The summed E-state index contributed by atoms with van der Waals surface area (Å²) in [5, 5.41) is 6.95. The van der Waals surface area contributed by atoms with Gasteiger partial charge in [-0.1, -0.05) is 6.92 Å². The van der Waals surface area contributed by atoms with Crippen molar-refractivity contribution in [2.75, 3.05) is 19.0 Å². The maximum absolute atomic E-state index is 5.17. The number of thiocarbonyl (C=S) groups is 1. The van der Waals surface area contributed by atoms with Gasteiger partial charge in [-0.15, -0.1) is 0 Å². The van der Waals surface area contributed by atoms with Crippen molar-refractivity contribution in [1.29, 1.82) is 0 Å². The molecule has 0 heterocycles. The summed E-state index contributed by atoms with van der Waals surface area (Å²) >= 11 is 5.17. The van der Waals surface area contributed by atoms with Gasteiger partial charge in [0.25, 0.3) is 0 Å². The Hall–Kier alpha value is -1.29. The van der Waals surface area contributed by atoms with Crippen molar-refractivity contribution in [3.8, 4) is 5.75 Å². The number of methoxy groups -OCH3 is 1. The predicted octanol–water partition coefficient (Wildman–Crippen LogP) is 2.70. The van der Waals surface area contributed by atoms with Crippen LogP contribution in [0, 0.1) is 6.92 Å². The van der Waals surface area contributed by atoms with Crippen LogP contribution in [0.4, 0.5) is 5.69 Å². The van der Waals surface area contributed by atoms with Crippen molar-refractivity contribution < 1.29 is 4.74 Å². The van der Waals surface area contributed by atoms with Gasteiger partial charge in [-0.05, 0) is 49.3 Å². The topological polar surface area (TPSA) is 33.3 Å². The van der Waals surface area contributed by atoms with Crippen LogP contribution < -0.4 is 15.4 Å². The van der Waals surface area contributed by atoms with Crippen molar-refractivity contribution in [3.05, 3.63) is 23.8 Å². The Morgan fingerprint density at radius 2 is 2.19 bits per heavy atom. The van der Waals surface area contributed by atoms with E-state index in [2.05, 4.69) is 17.6 Å². The first kappa shape index (κ1) is 12.8. The minimum absolute atomic E-state index is 0.662. The Morgan fingerprint density at radius 3 is 2.75 bits per heavy atom. The van der Waals surface area contributed by atoms with Crippen LogP contribution in [-0.2, 0) is 0 Å². The second-order valence-electron chi connectivity index (χ2n) is 3.56. The molecule has 88 valence electrons. The molecule has 0 spiro atoms. The number of rotatable bonds is 4. The summed E-state index contributed by atoms with van der Waals surface area (Å²) in [6.07, 6.45) is 1.06. The number of ether oxygens (including phenoxy) is 1. The Bertz CT molecular complexity index is 366.